The summed E-state index contributed by atoms with van der Waals surface area (Å²) >= 11 is -1.85. The van der Waals surface area contributed by atoms with Gasteiger partial charge in [0, 0.05) is 0 Å². The molecule has 0 saturated carbocycles. The van der Waals surface area contributed by atoms with Crippen molar-refractivity contribution in [2.45, 2.75) is 59.8 Å². The smallest absolute Gasteiger partial charge is 1.00 e. The van der Waals surface area contributed by atoms with Crippen LogP contribution >= 0.6 is 0 Å². The van der Waals surface area contributed by atoms with Crippen LogP contribution in [0.3, 0.4) is 0 Å². The predicted octanol–water partition coefficient (Wildman–Crippen LogP) is 2.34. The number of hydrogen-bond donors (Lipinski definition) is 0. The van der Waals surface area contributed by atoms with Crippen LogP contribution in [0.15, 0.2) is 107 Å². The summed E-state index contributed by atoms with van der Waals surface area (Å²) in [5, 5.41) is 0. The zero-order chi connectivity index (χ0) is 21.3. The van der Waals surface area contributed by atoms with Crippen LogP contribution in [-0.2, 0) is 17.4 Å². The van der Waals surface area contributed by atoms with Gasteiger partial charge in [0.25, 0.3) is 0 Å². The molecule has 0 bridgehead atoms. The zero-order valence-electron chi connectivity index (χ0n) is 19.7. The molecule has 2 unspecified atom stereocenters. The van der Waals surface area contributed by atoms with Gasteiger partial charge in [0.05, 0.1) is 0 Å². The third kappa shape index (κ3) is 4.80. The first-order chi connectivity index (χ1) is 15.9. The summed E-state index contributed by atoms with van der Waals surface area (Å²) in [6.45, 7) is 0. The first-order valence-electron chi connectivity index (χ1n) is 12.6. The molecule has 4 aliphatic carbocycles. The van der Waals surface area contributed by atoms with Crippen molar-refractivity contribution in [3.05, 3.63) is 118 Å². The van der Waals surface area contributed by atoms with Gasteiger partial charge in [0.15, 0.2) is 0 Å². The fourth-order valence-corrected chi connectivity index (χ4v) is 12.7. The molecule has 0 spiro atoms. The molecule has 0 heterocycles. The van der Waals surface area contributed by atoms with Crippen LogP contribution in [0.25, 0.3) is 0 Å². The molecule has 0 radical (unpaired) electrons. The third-order valence-corrected chi connectivity index (χ3v) is 13.5. The minimum absolute atomic E-state index is 0. The minimum atomic E-state index is -1.85. The van der Waals surface area contributed by atoms with Gasteiger partial charge in [-0.1, -0.05) is 0 Å². The van der Waals surface area contributed by atoms with Crippen molar-refractivity contribution in [3.8, 4) is 0 Å². The Hall–Kier alpha value is -1.44. The maximum Gasteiger partial charge on any atom is -1.00 e. The Kier molecular flexibility index (Phi) is 8.70. The van der Waals surface area contributed by atoms with Crippen LogP contribution in [0.5, 0.6) is 0 Å². The van der Waals surface area contributed by atoms with E-state index in [-0.39, 0.29) is 24.8 Å². The topological polar surface area (TPSA) is 0 Å². The van der Waals surface area contributed by atoms with Gasteiger partial charge in [0.1, 0.15) is 0 Å². The van der Waals surface area contributed by atoms with Crippen molar-refractivity contribution in [2.24, 2.45) is 0 Å². The van der Waals surface area contributed by atoms with Gasteiger partial charge >= 0.3 is 199 Å². The van der Waals surface area contributed by atoms with Crippen molar-refractivity contribution in [1.82, 2.24) is 0 Å². The van der Waals surface area contributed by atoms with E-state index < -0.39 is 17.4 Å². The summed E-state index contributed by atoms with van der Waals surface area (Å²) in [6.07, 6.45) is 21.1. The molecule has 2 atom stereocenters. The van der Waals surface area contributed by atoms with Crippen LogP contribution in [0.2, 0.25) is 8.45 Å². The fourth-order valence-electron chi connectivity index (χ4n) is 6.45. The normalized spacial score (nSPS) is 22.3. The second-order valence-electron chi connectivity index (χ2n) is 9.75. The maximum atomic E-state index is 2.65. The molecule has 34 heavy (non-hydrogen) atoms. The molecule has 4 aliphatic rings. The van der Waals surface area contributed by atoms with Gasteiger partial charge in [0.2, 0.25) is 0 Å². The Morgan fingerprint density at radius 3 is 1.41 bits per heavy atom. The van der Waals surface area contributed by atoms with Crippen molar-refractivity contribution in [2.75, 3.05) is 0 Å². The van der Waals surface area contributed by atoms with E-state index in [4.69, 9.17) is 0 Å². The molecular weight excluding hydrogens is 491 g/mol. The predicted molar refractivity (Wildman–Crippen MR) is 133 cm³/mol. The van der Waals surface area contributed by atoms with Gasteiger partial charge in [-0.2, -0.15) is 0 Å². The summed E-state index contributed by atoms with van der Waals surface area (Å²) in [5.74, 6) is 0. The molecule has 0 aromatic heterocycles. The summed E-state index contributed by atoms with van der Waals surface area (Å²) in [7, 11) is 0. The Labute approximate surface area is 223 Å². The standard InChI is InChI=1S/C13H10.2C9H11.2ClH.Ti/c1-3-7-12(8-4-1)11-13-9-5-2-6-10-13;2*1-2-5-9-7-3-6-8(9)4-1;;;/h1-10H;2*3,6-7H,1-2,4-5H2;2*1H;/q;;;;;+2/p-2. The van der Waals surface area contributed by atoms with E-state index in [1.165, 1.54) is 62.5 Å². The van der Waals surface area contributed by atoms with Crippen molar-refractivity contribution < 1.29 is 42.2 Å². The van der Waals surface area contributed by atoms with Gasteiger partial charge < -0.3 is 24.8 Å². The van der Waals surface area contributed by atoms with Gasteiger partial charge in [-0.25, -0.2) is 0 Å². The molecule has 0 aliphatic heterocycles. The maximum absolute atomic E-state index is 2.65. The monoisotopic (exact) mass is 522 g/mol. The number of hydrogen-bond acceptors (Lipinski definition) is 0. The molecule has 2 aromatic carbocycles. The van der Waals surface area contributed by atoms with E-state index in [0.29, 0.717) is 8.45 Å². The molecule has 3 heteroatoms. The zero-order valence-corrected chi connectivity index (χ0v) is 22.7. The summed E-state index contributed by atoms with van der Waals surface area (Å²) in [4.78, 5) is 0. The summed E-state index contributed by atoms with van der Waals surface area (Å²) < 4.78 is 3.07. The Morgan fingerprint density at radius 2 is 0.971 bits per heavy atom. The van der Waals surface area contributed by atoms with Crippen LogP contribution in [0.1, 0.15) is 62.5 Å². The first-order valence-corrected chi connectivity index (χ1v) is 15.1. The van der Waals surface area contributed by atoms with Crippen molar-refractivity contribution in [3.63, 3.8) is 0 Å². The van der Waals surface area contributed by atoms with Crippen LogP contribution in [0.4, 0.5) is 0 Å². The number of rotatable bonds is 4. The van der Waals surface area contributed by atoms with E-state index in [1.807, 2.05) is 11.1 Å². The van der Waals surface area contributed by atoms with Gasteiger partial charge in [-0.3, -0.25) is 0 Å². The molecule has 6 rings (SSSR count). The molecule has 0 nitrogen and oxygen atoms in total. The fraction of sp³-hybridized carbons (Fsp3) is 0.323. The average Bonchev–Trinajstić information content (AvgIpc) is 3.48. The average molecular weight is 523 g/mol. The Bertz CT molecular complexity index is 1080. The molecule has 0 saturated heterocycles. The molecule has 0 N–H and O–H groups in total. The first kappa shape index (κ1) is 25.7. The van der Waals surface area contributed by atoms with Crippen LogP contribution in [0, 0.1) is 0 Å². The second-order valence-corrected chi connectivity index (χ2v) is 13.9. The van der Waals surface area contributed by atoms with E-state index >= 15 is 0 Å². The molecule has 174 valence electrons. The van der Waals surface area contributed by atoms with Crippen molar-refractivity contribution in [1.29, 1.82) is 0 Å². The summed E-state index contributed by atoms with van der Waals surface area (Å²) in [5.41, 5.74) is 9.93. The van der Waals surface area contributed by atoms with Crippen LogP contribution in [-0.4, -0.2) is 3.81 Å². The van der Waals surface area contributed by atoms with Crippen molar-refractivity contribution >= 4 is 3.81 Å². The molecule has 0 fully saturated rings. The van der Waals surface area contributed by atoms with Gasteiger partial charge in [-0.05, 0) is 0 Å². The quantitative estimate of drug-likeness (QED) is 0.541. The Morgan fingerprint density at radius 1 is 0.559 bits per heavy atom. The Balaban J connectivity index is 0.00000137. The number of halogens is 2. The summed E-state index contributed by atoms with van der Waals surface area (Å²) in [6, 6.07) is 22.8. The number of allylic oxidation sites excluding steroid dienone is 8. The molecule has 2 aromatic rings. The largest absolute Gasteiger partial charge is 1.00 e. The molecular formula is C31H32Cl2Ti. The van der Waals surface area contributed by atoms with Gasteiger partial charge in [-0.15, -0.1) is 0 Å². The second kappa shape index (κ2) is 11.5. The SMILES string of the molecule is C1=C[CH]([Ti+2](=[C](c2ccccc2)c2ccccc2)[CH]2C=CC3=C2CCCC3)C2=C1CCCC2.[Cl-].[Cl-]. The number of benzene rings is 2. The molecule has 0 amide bonds. The van der Waals surface area contributed by atoms with Crippen LogP contribution < -0.4 is 24.8 Å². The minimum Gasteiger partial charge on any atom is -1.00 e. The van der Waals surface area contributed by atoms with E-state index in [9.17, 15) is 0 Å². The van der Waals surface area contributed by atoms with E-state index in [0.717, 1.165) is 0 Å². The van der Waals surface area contributed by atoms with E-state index in [2.05, 4.69) is 85.0 Å². The third-order valence-electron chi connectivity index (χ3n) is 7.92. The van der Waals surface area contributed by atoms with E-state index in [1.54, 1.807) is 15.0 Å².